The number of benzene rings is 2. The van der Waals surface area contributed by atoms with Crippen LogP contribution in [0.15, 0.2) is 61.2 Å². The molecule has 8 heteroatoms. The van der Waals surface area contributed by atoms with Crippen molar-refractivity contribution in [2.24, 2.45) is 0 Å². The molecule has 0 saturated heterocycles. The molecule has 6 nitrogen and oxygen atoms in total. The number of hydrogen-bond acceptors (Lipinski definition) is 3. The molecule has 0 fully saturated rings. The number of hydrogen-bond donors (Lipinski definition) is 0. The molecular weight excluding hydrogens is 410 g/mol. The van der Waals surface area contributed by atoms with Gasteiger partial charge in [0.2, 0.25) is 0 Å². The van der Waals surface area contributed by atoms with Crippen molar-refractivity contribution in [1.82, 2.24) is 28.7 Å². The molecule has 5 rings (SSSR count). The molecule has 5 aromatic rings. The van der Waals surface area contributed by atoms with Gasteiger partial charge in [-0.25, -0.2) is 23.7 Å². The van der Waals surface area contributed by atoms with Gasteiger partial charge in [0.25, 0.3) is 0 Å². The van der Waals surface area contributed by atoms with Gasteiger partial charge in [0.15, 0.2) is 0 Å². The Morgan fingerprint density at radius 2 is 1.62 bits per heavy atom. The minimum atomic E-state index is -0.515. The van der Waals surface area contributed by atoms with Gasteiger partial charge in [-0.15, -0.1) is 0 Å². The third kappa shape index (κ3) is 3.37. The van der Waals surface area contributed by atoms with Crippen LogP contribution >= 0.6 is 0 Å². The number of aryl methyl sites for hydroxylation is 2. The van der Waals surface area contributed by atoms with Crippen LogP contribution in [0.3, 0.4) is 0 Å². The van der Waals surface area contributed by atoms with E-state index in [9.17, 15) is 8.78 Å². The second-order valence-corrected chi connectivity index (χ2v) is 7.52. The molecule has 0 aliphatic heterocycles. The summed E-state index contributed by atoms with van der Waals surface area (Å²) in [6, 6.07) is 9.54. The highest BCUT2D eigenvalue weighted by Crippen LogP contribution is 2.26. The lowest BCUT2D eigenvalue weighted by Gasteiger charge is -2.10. The lowest BCUT2D eigenvalue weighted by molar-refractivity contribution is 0.599. The topological polar surface area (TPSA) is 53.5 Å². The molecule has 0 bridgehead atoms. The standard InChI is InChI=1S/C24H22F2N6/c1-3-30-11-9-27-23(30)16-5-8-21-20(13-16)29-22(32(21)4-2)15-31-12-10-28-24(31)18-14-17(25)6-7-19(18)26/h5-14H,3-4,15H2,1-2H3. The van der Waals surface area contributed by atoms with Crippen molar-refractivity contribution in [2.45, 2.75) is 33.5 Å². The Morgan fingerprint density at radius 1 is 0.844 bits per heavy atom. The van der Waals surface area contributed by atoms with Crippen molar-refractivity contribution in [3.63, 3.8) is 0 Å². The summed E-state index contributed by atoms with van der Waals surface area (Å²) in [5, 5.41) is 0. The SMILES string of the molecule is CCn1ccnc1-c1ccc2c(c1)nc(Cn1ccnc1-c1cc(F)ccc1F)n2CC. The Morgan fingerprint density at radius 3 is 2.41 bits per heavy atom. The smallest absolute Gasteiger partial charge is 0.143 e. The average Bonchev–Trinajstić information content (AvgIpc) is 3.52. The summed E-state index contributed by atoms with van der Waals surface area (Å²) in [7, 11) is 0. The van der Waals surface area contributed by atoms with Gasteiger partial charge in [-0.3, -0.25) is 0 Å². The Hall–Kier alpha value is -3.81. The van der Waals surface area contributed by atoms with Crippen molar-refractivity contribution in [3.05, 3.63) is 78.6 Å². The second-order valence-electron chi connectivity index (χ2n) is 7.52. The lowest BCUT2D eigenvalue weighted by Crippen LogP contribution is -2.09. The van der Waals surface area contributed by atoms with E-state index in [1.165, 1.54) is 6.07 Å². The first-order valence-corrected chi connectivity index (χ1v) is 10.6. The summed E-state index contributed by atoms with van der Waals surface area (Å²) in [6.45, 7) is 6.09. The molecule has 0 atom stereocenters. The molecular formula is C24H22F2N6. The minimum absolute atomic E-state index is 0.128. The van der Waals surface area contributed by atoms with Gasteiger partial charge < -0.3 is 13.7 Å². The Kier molecular flexibility index (Phi) is 5.05. The van der Waals surface area contributed by atoms with Crippen LogP contribution in [0.4, 0.5) is 8.78 Å². The number of halogens is 2. The molecule has 0 radical (unpaired) electrons. The molecule has 2 aromatic carbocycles. The maximum absolute atomic E-state index is 14.4. The number of aromatic nitrogens is 6. The first-order valence-electron chi connectivity index (χ1n) is 10.6. The molecule has 0 unspecified atom stereocenters. The van der Waals surface area contributed by atoms with E-state index in [0.717, 1.165) is 53.5 Å². The third-order valence-corrected chi connectivity index (χ3v) is 5.65. The molecule has 0 spiro atoms. The zero-order chi connectivity index (χ0) is 22.2. The summed E-state index contributed by atoms with van der Waals surface area (Å²) in [5.41, 5.74) is 3.01. The monoisotopic (exact) mass is 432 g/mol. The summed E-state index contributed by atoms with van der Waals surface area (Å²) in [4.78, 5) is 13.6. The van der Waals surface area contributed by atoms with E-state index in [-0.39, 0.29) is 5.56 Å². The van der Waals surface area contributed by atoms with Crippen molar-refractivity contribution >= 4 is 11.0 Å². The van der Waals surface area contributed by atoms with E-state index in [1.54, 1.807) is 23.2 Å². The predicted octanol–water partition coefficient (Wildman–Crippen LogP) is 5.13. The van der Waals surface area contributed by atoms with Gasteiger partial charge in [0.1, 0.15) is 29.1 Å². The first-order chi connectivity index (χ1) is 15.6. The molecule has 0 aliphatic rings. The van der Waals surface area contributed by atoms with Crippen molar-refractivity contribution in [2.75, 3.05) is 0 Å². The van der Waals surface area contributed by atoms with Crippen molar-refractivity contribution in [3.8, 4) is 22.8 Å². The molecule has 0 saturated carbocycles. The zero-order valence-corrected chi connectivity index (χ0v) is 17.8. The third-order valence-electron chi connectivity index (χ3n) is 5.65. The van der Waals surface area contributed by atoms with Crippen LogP contribution < -0.4 is 0 Å². The van der Waals surface area contributed by atoms with Crippen molar-refractivity contribution in [1.29, 1.82) is 0 Å². The van der Waals surface area contributed by atoms with Crippen molar-refractivity contribution < 1.29 is 8.78 Å². The first kappa shape index (κ1) is 20.1. The number of fused-ring (bicyclic) bond motifs is 1. The number of rotatable bonds is 6. The Balaban J connectivity index is 1.56. The predicted molar refractivity (Wildman–Crippen MR) is 119 cm³/mol. The Bertz CT molecular complexity index is 1410. The second kappa shape index (κ2) is 8.03. The highest BCUT2D eigenvalue weighted by atomic mass is 19.1. The maximum atomic E-state index is 14.4. The zero-order valence-electron chi connectivity index (χ0n) is 17.8. The van der Waals surface area contributed by atoms with Crippen LogP contribution in [-0.4, -0.2) is 28.7 Å². The highest BCUT2D eigenvalue weighted by molar-refractivity contribution is 5.81. The quantitative estimate of drug-likeness (QED) is 0.374. The molecule has 0 aliphatic carbocycles. The fourth-order valence-electron chi connectivity index (χ4n) is 4.12. The minimum Gasteiger partial charge on any atom is -0.331 e. The van der Waals surface area contributed by atoms with E-state index < -0.39 is 11.6 Å². The number of imidazole rings is 3. The molecule has 0 amide bonds. The van der Waals surface area contributed by atoms with Crippen LogP contribution in [0, 0.1) is 11.6 Å². The van der Waals surface area contributed by atoms with Gasteiger partial charge in [0.05, 0.1) is 23.1 Å². The summed E-state index contributed by atoms with van der Waals surface area (Å²) in [6.07, 6.45) is 7.09. The van der Waals surface area contributed by atoms with Gasteiger partial charge in [-0.1, -0.05) is 0 Å². The molecule has 0 N–H and O–H groups in total. The molecule has 162 valence electrons. The lowest BCUT2D eigenvalue weighted by atomic mass is 10.2. The number of nitrogens with zero attached hydrogens (tertiary/aromatic N) is 6. The van der Waals surface area contributed by atoms with Gasteiger partial charge in [0, 0.05) is 43.4 Å². The molecule has 3 heterocycles. The van der Waals surface area contributed by atoms with E-state index >= 15 is 0 Å². The van der Waals surface area contributed by atoms with Gasteiger partial charge >= 0.3 is 0 Å². The van der Waals surface area contributed by atoms with E-state index in [2.05, 4.69) is 45.1 Å². The van der Waals surface area contributed by atoms with Crippen LogP contribution in [0.5, 0.6) is 0 Å². The fourth-order valence-corrected chi connectivity index (χ4v) is 4.12. The van der Waals surface area contributed by atoms with Gasteiger partial charge in [-0.05, 0) is 50.2 Å². The average molecular weight is 432 g/mol. The van der Waals surface area contributed by atoms with E-state index in [1.807, 2.05) is 12.3 Å². The largest absolute Gasteiger partial charge is 0.331 e. The van der Waals surface area contributed by atoms with Crippen LogP contribution in [0.1, 0.15) is 19.7 Å². The normalized spacial score (nSPS) is 11.5. The summed E-state index contributed by atoms with van der Waals surface area (Å²) >= 11 is 0. The van der Waals surface area contributed by atoms with Crippen LogP contribution in [0.25, 0.3) is 33.8 Å². The summed E-state index contributed by atoms with van der Waals surface area (Å²) < 4.78 is 34.1. The molecule has 3 aromatic heterocycles. The Labute approximate surface area is 183 Å². The van der Waals surface area contributed by atoms with E-state index in [0.29, 0.717) is 12.4 Å². The van der Waals surface area contributed by atoms with Gasteiger partial charge in [-0.2, -0.15) is 0 Å². The van der Waals surface area contributed by atoms with E-state index in [4.69, 9.17) is 4.98 Å². The summed E-state index contributed by atoms with van der Waals surface area (Å²) in [5.74, 6) is 1.06. The highest BCUT2D eigenvalue weighted by Gasteiger charge is 2.17. The van der Waals surface area contributed by atoms with Crippen LogP contribution in [0.2, 0.25) is 0 Å². The molecule has 32 heavy (non-hydrogen) atoms. The maximum Gasteiger partial charge on any atom is 0.143 e. The van der Waals surface area contributed by atoms with Crippen LogP contribution in [-0.2, 0) is 19.6 Å². The fraction of sp³-hybridized carbons (Fsp3) is 0.208.